The first kappa shape index (κ1) is 28.4. The molecule has 0 unspecified atom stereocenters. The zero-order valence-electron chi connectivity index (χ0n) is 25.7. The number of pyridine rings is 1. The van der Waals surface area contributed by atoms with Gasteiger partial charge in [0.2, 0.25) is 0 Å². The molecule has 0 amide bonds. The lowest BCUT2D eigenvalue weighted by Gasteiger charge is -2.30. The Morgan fingerprint density at radius 2 is 1.34 bits per heavy atom. The van der Waals surface area contributed by atoms with Gasteiger partial charge in [-0.25, -0.2) is 0 Å². The molecular weight excluding hydrogens is 498 g/mol. The number of nitrogens with zero attached hydrogens (tertiary/aromatic N) is 1. The first-order chi connectivity index (χ1) is 19.7. The summed E-state index contributed by atoms with van der Waals surface area (Å²) in [5.41, 5.74) is 13.1. The molecule has 0 fully saturated rings. The van der Waals surface area contributed by atoms with Gasteiger partial charge in [0.15, 0.2) is 0 Å². The summed E-state index contributed by atoms with van der Waals surface area (Å²) < 4.78 is 0. The number of anilines is 2. The number of aryl methyl sites for hydroxylation is 5. The third-order valence-corrected chi connectivity index (χ3v) is 8.23. The Kier molecular flexibility index (Phi) is 8.17. The molecule has 0 saturated heterocycles. The van der Waals surface area contributed by atoms with Crippen molar-refractivity contribution >= 4 is 22.1 Å². The number of para-hydroxylation sites is 1. The van der Waals surface area contributed by atoms with Gasteiger partial charge in [-0.1, -0.05) is 92.2 Å². The van der Waals surface area contributed by atoms with Gasteiger partial charge in [0.25, 0.3) is 0 Å². The second-order valence-corrected chi connectivity index (χ2v) is 11.8. The van der Waals surface area contributed by atoms with E-state index in [1.807, 2.05) is 0 Å². The molecule has 5 aromatic rings. The van der Waals surface area contributed by atoms with E-state index in [2.05, 4.69) is 144 Å². The minimum Gasteiger partial charge on any atom is -0.381 e. The lowest BCUT2D eigenvalue weighted by atomic mass is 9.93. The van der Waals surface area contributed by atoms with Crippen LogP contribution in [0.1, 0.15) is 66.8 Å². The van der Waals surface area contributed by atoms with Gasteiger partial charge < -0.3 is 10.6 Å². The number of nitrogens with one attached hydrogen (secondary N) is 2. The van der Waals surface area contributed by atoms with E-state index < -0.39 is 0 Å². The van der Waals surface area contributed by atoms with Crippen LogP contribution in [0.15, 0.2) is 84.9 Å². The number of benzene rings is 4. The minimum absolute atomic E-state index is 0.357. The van der Waals surface area contributed by atoms with Crippen molar-refractivity contribution in [1.29, 1.82) is 0 Å². The van der Waals surface area contributed by atoms with Gasteiger partial charge in [-0.05, 0) is 98.2 Å². The molecule has 210 valence electrons. The molecule has 0 aliphatic heterocycles. The van der Waals surface area contributed by atoms with Crippen LogP contribution in [0.2, 0.25) is 0 Å². The molecular formula is C38H43N3. The predicted octanol–water partition coefficient (Wildman–Crippen LogP) is 9.91. The van der Waals surface area contributed by atoms with Crippen LogP contribution in [0.5, 0.6) is 0 Å². The molecule has 3 nitrogen and oxygen atoms in total. The summed E-state index contributed by atoms with van der Waals surface area (Å²) in [7, 11) is 0. The summed E-state index contributed by atoms with van der Waals surface area (Å²) in [6.45, 7) is 16.2. The van der Waals surface area contributed by atoms with Crippen molar-refractivity contribution < 1.29 is 0 Å². The van der Waals surface area contributed by atoms with Crippen LogP contribution in [-0.2, 0) is 24.9 Å². The molecule has 0 spiro atoms. The highest BCUT2D eigenvalue weighted by Gasteiger charge is 2.25. The van der Waals surface area contributed by atoms with E-state index in [1.54, 1.807) is 0 Å². The van der Waals surface area contributed by atoms with Crippen LogP contribution in [0.4, 0.5) is 11.4 Å². The topological polar surface area (TPSA) is 37.0 Å². The summed E-state index contributed by atoms with van der Waals surface area (Å²) in [5.74, 6) is 0. The van der Waals surface area contributed by atoms with Crippen molar-refractivity contribution in [3.05, 3.63) is 124 Å². The highest BCUT2D eigenvalue weighted by molar-refractivity contribution is 5.97. The molecule has 4 aromatic carbocycles. The Labute approximate surface area is 246 Å². The largest absolute Gasteiger partial charge is 0.381 e. The third kappa shape index (κ3) is 5.86. The third-order valence-electron chi connectivity index (χ3n) is 8.23. The fourth-order valence-corrected chi connectivity index (χ4v) is 6.11. The second kappa shape index (κ2) is 11.8. The maximum absolute atomic E-state index is 5.34. The van der Waals surface area contributed by atoms with Crippen LogP contribution >= 0.6 is 0 Å². The normalized spacial score (nSPS) is 11.6. The van der Waals surface area contributed by atoms with Gasteiger partial charge in [-0.15, -0.1) is 0 Å². The average molecular weight is 542 g/mol. The van der Waals surface area contributed by atoms with Gasteiger partial charge in [0.05, 0.1) is 16.9 Å². The van der Waals surface area contributed by atoms with Crippen LogP contribution in [0, 0.1) is 20.8 Å². The molecule has 0 atom stereocenters. The molecule has 0 radical (unpaired) electrons. The van der Waals surface area contributed by atoms with Crippen molar-refractivity contribution in [1.82, 2.24) is 4.98 Å². The van der Waals surface area contributed by atoms with E-state index >= 15 is 0 Å². The van der Waals surface area contributed by atoms with Crippen LogP contribution < -0.4 is 10.6 Å². The predicted molar refractivity (Wildman–Crippen MR) is 177 cm³/mol. The standard InChI is InChI=1S/C38H43N3/c1-8-28-15-12-16-29(9-2)37(28)41-38(6,7)34-19-13-18-33(40-34)35-31(21-20-30-14-10-11-17-32(30)35)24-39-36-26(4)22-25(3)23-27(36)5/h10-23,39,41H,8-9,24H2,1-7H3. The molecule has 41 heavy (non-hydrogen) atoms. The first-order valence-electron chi connectivity index (χ1n) is 14.9. The first-order valence-corrected chi connectivity index (χ1v) is 14.9. The highest BCUT2D eigenvalue weighted by Crippen LogP contribution is 2.35. The van der Waals surface area contributed by atoms with E-state index in [9.17, 15) is 0 Å². The molecule has 0 saturated carbocycles. The molecule has 5 rings (SSSR count). The fourth-order valence-electron chi connectivity index (χ4n) is 6.11. The highest BCUT2D eigenvalue weighted by atomic mass is 15.0. The summed E-state index contributed by atoms with van der Waals surface area (Å²) in [4.78, 5) is 5.34. The van der Waals surface area contributed by atoms with Crippen molar-refractivity contribution in [2.45, 2.75) is 73.4 Å². The van der Waals surface area contributed by atoms with Gasteiger partial charge in [0.1, 0.15) is 0 Å². The van der Waals surface area contributed by atoms with E-state index in [0.717, 1.165) is 30.8 Å². The Bertz CT molecular complexity index is 1650. The second-order valence-electron chi connectivity index (χ2n) is 11.8. The molecule has 0 bridgehead atoms. The molecule has 2 N–H and O–H groups in total. The van der Waals surface area contributed by atoms with E-state index in [1.165, 1.54) is 61.1 Å². The maximum atomic E-state index is 5.34. The molecule has 1 aromatic heterocycles. The summed E-state index contributed by atoms with van der Waals surface area (Å²) in [6, 6.07) is 30.7. The van der Waals surface area contributed by atoms with E-state index in [0.29, 0.717) is 0 Å². The van der Waals surface area contributed by atoms with Gasteiger partial charge >= 0.3 is 0 Å². The Morgan fingerprint density at radius 3 is 2.02 bits per heavy atom. The average Bonchev–Trinajstić information content (AvgIpc) is 2.96. The molecule has 3 heteroatoms. The van der Waals surface area contributed by atoms with Crippen molar-refractivity contribution in [2.24, 2.45) is 0 Å². The van der Waals surface area contributed by atoms with Crippen molar-refractivity contribution in [3.8, 4) is 11.3 Å². The smallest absolute Gasteiger partial charge is 0.0739 e. The minimum atomic E-state index is -0.357. The molecule has 1 heterocycles. The van der Waals surface area contributed by atoms with Crippen molar-refractivity contribution in [2.75, 3.05) is 10.6 Å². The van der Waals surface area contributed by atoms with Crippen LogP contribution in [-0.4, -0.2) is 4.98 Å². The monoisotopic (exact) mass is 541 g/mol. The lowest BCUT2D eigenvalue weighted by Crippen LogP contribution is -2.30. The summed E-state index contributed by atoms with van der Waals surface area (Å²) >= 11 is 0. The maximum Gasteiger partial charge on any atom is 0.0739 e. The Balaban J connectivity index is 1.56. The van der Waals surface area contributed by atoms with Gasteiger partial charge in [0, 0.05) is 23.5 Å². The Hall–Kier alpha value is -4.11. The lowest BCUT2D eigenvalue weighted by molar-refractivity contribution is 0.586. The fraction of sp³-hybridized carbons (Fsp3) is 0.289. The number of fused-ring (bicyclic) bond motifs is 1. The van der Waals surface area contributed by atoms with Gasteiger partial charge in [-0.2, -0.15) is 0 Å². The number of hydrogen-bond acceptors (Lipinski definition) is 3. The van der Waals surface area contributed by atoms with Crippen LogP contribution in [0.25, 0.3) is 22.0 Å². The van der Waals surface area contributed by atoms with Crippen LogP contribution in [0.3, 0.4) is 0 Å². The van der Waals surface area contributed by atoms with Crippen molar-refractivity contribution in [3.63, 3.8) is 0 Å². The summed E-state index contributed by atoms with van der Waals surface area (Å²) in [5, 5.41) is 10.1. The SMILES string of the molecule is CCc1cccc(CC)c1NC(C)(C)c1cccc(-c2c(CNc3c(C)cc(C)cc3C)ccc3ccccc23)n1. The van der Waals surface area contributed by atoms with E-state index in [4.69, 9.17) is 4.98 Å². The molecule has 0 aliphatic carbocycles. The zero-order chi connectivity index (χ0) is 29.1. The number of aromatic nitrogens is 1. The summed E-state index contributed by atoms with van der Waals surface area (Å²) in [6.07, 6.45) is 1.98. The molecule has 0 aliphatic rings. The van der Waals surface area contributed by atoms with Gasteiger partial charge in [-0.3, -0.25) is 4.98 Å². The quantitative estimate of drug-likeness (QED) is 0.195. The zero-order valence-corrected chi connectivity index (χ0v) is 25.7. The number of hydrogen-bond donors (Lipinski definition) is 2. The number of rotatable bonds is 9. The Morgan fingerprint density at radius 1 is 0.683 bits per heavy atom. The van der Waals surface area contributed by atoms with E-state index in [-0.39, 0.29) is 5.54 Å².